The zero-order valence-electron chi connectivity index (χ0n) is 20.7. The molecule has 0 bridgehead atoms. The number of nitrogens with zero attached hydrogens (tertiary/aromatic N) is 4. The molecule has 188 valence electrons. The second-order valence-corrected chi connectivity index (χ2v) is 10.2. The monoisotopic (exact) mass is 512 g/mol. The number of para-hydroxylation sites is 1. The second kappa shape index (κ2) is 11.2. The Labute approximate surface area is 219 Å². The number of carbonyl (C=O) groups is 2. The molecule has 1 aromatic heterocycles. The average Bonchev–Trinajstić information content (AvgIpc) is 3.32. The molecule has 1 N–H and O–H groups in total. The second-order valence-electron chi connectivity index (χ2n) is 9.26. The molecule has 0 saturated heterocycles. The van der Waals surface area contributed by atoms with E-state index >= 15 is 0 Å². The third-order valence-electron chi connectivity index (χ3n) is 5.56. The number of nitrogens with one attached hydrogen (secondary N) is 1. The van der Waals surface area contributed by atoms with Crippen molar-refractivity contribution in [2.24, 2.45) is 5.10 Å². The van der Waals surface area contributed by atoms with Gasteiger partial charge in [0.2, 0.25) is 0 Å². The number of rotatable bonds is 8. The predicted molar refractivity (Wildman–Crippen MR) is 143 cm³/mol. The summed E-state index contributed by atoms with van der Waals surface area (Å²) in [6.07, 6.45) is 1.28. The fourth-order valence-electron chi connectivity index (χ4n) is 3.61. The number of hydrogen-bond acceptors (Lipinski definition) is 7. The summed E-state index contributed by atoms with van der Waals surface area (Å²) in [7, 11) is 0. The lowest BCUT2D eigenvalue weighted by Crippen LogP contribution is -2.24. The molecule has 0 saturated carbocycles. The molecular weight excluding hydrogens is 486 g/mol. The highest BCUT2D eigenvalue weighted by atomic mass is 32.2. The Kier molecular flexibility index (Phi) is 7.83. The minimum atomic E-state index is -1.31. The van der Waals surface area contributed by atoms with Crippen molar-refractivity contribution in [1.29, 1.82) is 0 Å². The van der Waals surface area contributed by atoms with Gasteiger partial charge in [-0.05, 0) is 23.1 Å². The number of carbonyl (C=O) groups excluding carboxylic acids is 2. The summed E-state index contributed by atoms with van der Waals surface area (Å²) in [5.41, 5.74) is 5.80. The number of aromatic carboxylic acids is 1. The molecule has 0 fully saturated rings. The summed E-state index contributed by atoms with van der Waals surface area (Å²) in [5, 5.41) is 24.4. The summed E-state index contributed by atoms with van der Waals surface area (Å²) < 4.78 is 1.92. The van der Waals surface area contributed by atoms with E-state index in [2.05, 4.69) is 53.6 Å². The largest absolute Gasteiger partial charge is 0.545 e. The van der Waals surface area contributed by atoms with E-state index in [0.717, 1.165) is 11.3 Å². The lowest BCUT2D eigenvalue weighted by molar-refractivity contribution is -0.255. The number of thioether (sulfide) groups is 1. The smallest absolute Gasteiger partial charge is 0.250 e. The lowest BCUT2D eigenvalue weighted by Gasteiger charge is -2.19. The van der Waals surface area contributed by atoms with Crippen LogP contribution in [0.25, 0.3) is 17.1 Å². The van der Waals surface area contributed by atoms with E-state index < -0.39 is 5.97 Å². The lowest BCUT2D eigenvalue weighted by atomic mass is 9.87. The molecule has 0 spiro atoms. The zero-order chi connectivity index (χ0) is 26.4. The fourth-order valence-corrected chi connectivity index (χ4v) is 4.36. The highest BCUT2D eigenvalue weighted by Gasteiger charge is 2.19. The van der Waals surface area contributed by atoms with Gasteiger partial charge in [0.1, 0.15) is 0 Å². The number of benzene rings is 3. The Morgan fingerprint density at radius 3 is 2.32 bits per heavy atom. The van der Waals surface area contributed by atoms with E-state index in [1.54, 1.807) is 18.2 Å². The van der Waals surface area contributed by atoms with E-state index in [4.69, 9.17) is 0 Å². The van der Waals surface area contributed by atoms with Gasteiger partial charge >= 0.3 is 0 Å². The van der Waals surface area contributed by atoms with Gasteiger partial charge in [-0.15, -0.1) is 10.2 Å². The first-order chi connectivity index (χ1) is 17.7. The van der Waals surface area contributed by atoms with Crippen LogP contribution in [0.15, 0.2) is 89.1 Å². The van der Waals surface area contributed by atoms with Crippen LogP contribution in [0.3, 0.4) is 0 Å². The molecule has 1 heterocycles. The molecule has 0 aliphatic carbocycles. The van der Waals surface area contributed by atoms with E-state index in [1.807, 2.05) is 47.0 Å². The minimum Gasteiger partial charge on any atom is -0.545 e. The van der Waals surface area contributed by atoms with Gasteiger partial charge in [-0.25, -0.2) is 5.43 Å². The number of hydrogen-bond donors (Lipinski definition) is 1. The number of hydrazone groups is 1. The molecule has 37 heavy (non-hydrogen) atoms. The van der Waals surface area contributed by atoms with Crippen molar-refractivity contribution in [3.05, 3.63) is 95.6 Å². The van der Waals surface area contributed by atoms with Crippen LogP contribution in [0.4, 0.5) is 0 Å². The summed E-state index contributed by atoms with van der Waals surface area (Å²) in [5.74, 6) is -0.974. The van der Waals surface area contributed by atoms with E-state index in [-0.39, 0.29) is 22.6 Å². The van der Waals surface area contributed by atoms with E-state index in [1.165, 1.54) is 29.6 Å². The SMILES string of the molecule is CC(C)(C)c1ccc(-c2nnc(SCC(=O)NN=Cc3ccccc3C(=O)[O-])n2-c2ccccc2)cc1. The van der Waals surface area contributed by atoms with Crippen LogP contribution < -0.4 is 10.5 Å². The van der Waals surface area contributed by atoms with Crippen LogP contribution in [0, 0.1) is 0 Å². The van der Waals surface area contributed by atoms with E-state index in [9.17, 15) is 14.7 Å². The van der Waals surface area contributed by atoms with Crippen molar-refractivity contribution in [1.82, 2.24) is 20.2 Å². The molecule has 0 unspecified atom stereocenters. The summed E-state index contributed by atoms with van der Waals surface area (Å²) in [4.78, 5) is 23.7. The van der Waals surface area contributed by atoms with Gasteiger partial charge in [-0.1, -0.05) is 99.3 Å². The van der Waals surface area contributed by atoms with Crippen molar-refractivity contribution < 1.29 is 14.7 Å². The van der Waals surface area contributed by atoms with Crippen molar-refractivity contribution in [3.8, 4) is 17.1 Å². The third-order valence-corrected chi connectivity index (χ3v) is 6.49. The number of carboxylic acid groups (broad SMARTS) is 1. The van der Waals surface area contributed by atoms with Crippen LogP contribution >= 0.6 is 11.8 Å². The summed E-state index contributed by atoms with van der Waals surface area (Å²) in [6, 6.07) is 24.2. The molecule has 0 aliphatic heterocycles. The van der Waals surface area contributed by atoms with Gasteiger partial charge in [0.15, 0.2) is 11.0 Å². The quantitative estimate of drug-likeness (QED) is 0.218. The van der Waals surface area contributed by atoms with Crippen molar-refractivity contribution >= 4 is 29.9 Å². The Hall–Kier alpha value is -4.24. The van der Waals surface area contributed by atoms with Gasteiger partial charge in [0.05, 0.1) is 17.9 Å². The van der Waals surface area contributed by atoms with Gasteiger partial charge in [0.25, 0.3) is 5.91 Å². The van der Waals surface area contributed by atoms with Crippen molar-refractivity contribution in [3.63, 3.8) is 0 Å². The first-order valence-electron chi connectivity index (χ1n) is 11.6. The van der Waals surface area contributed by atoms with Crippen LogP contribution in [-0.2, 0) is 10.2 Å². The molecular formula is C28H26N5O3S-. The Bertz CT molecular complexity index is 1420. The minimum absolute atomic E-state index is 0.00565. The van der Waals surface area contributed by atoms with E-state index in [0.29, 0.717) is 16.5 Å². The molecule has 0 aliphatic rings. The summed E-state index contributed by atoms with van der Waals surface area (Å²) >= 11 is 1.23. The number of carboxylic acids is 1. The highest BCUT2D eigenvalue weighted by Crippen LogP contribution is 2.30. The van der Waals surface area contributed by atoms with Gasteiger partial charge in [-0.3, -0.25) is 9.36 Å². The highest BCUT2D eigenvalue weighted by molar-refractivity contribution is 7.99. The predicted octanol–water partition coefficient (Wildman–Crippen LogP) is 3.84. The van der Waals surface area contributed by atoms with Crippen LogP contribution in [0.5, 0.6) is 0 Å². The third kappa shape index (κ3) is 6.31. The molecule has 8 nitrogen and oxygen atoms in total. The van der Waals surface area contributed by atoms with Crippen molar-refractivity contribution in [2.45, 2.75) is 31.3 Å². The molecule has 3 aromatic carbocycles. The van der Waals surface area contributed by atoms with Gasteiger partial charge in [-0.2, -0.15) is 5.10 Å². The van der Waals surface area contributed by atoms with Gasteiger partial charge < -0.3 is 9.90 Å². The average molecular weight is 513 g/mol. The standard InChI is InChI=1S/C28H27N5O3S/c1-28(2,3)21-15-13-19(14-16-21)25-31-32-27(33(25)22-10-5-4-6-11-22)37-18-24(34)30-29-17-20-9-7-8-12-23(20)26(35)36/h4-17H,18H2,1-3H3,(H,30,34)(H,35,36)/p-1. The normalized spacial score (nSPS) is 11.5. The molecule has 0 radical (unpaired) electrons. The Morgan fingerprint density at radius 1 is 0.973 bits per heavy atom. The summed E-state index contributed by atoms with van der Waals surface area (Å²) in [6.45, 7) is 6.50. The molecule has 9 heteroatoms. The maximum Gasteiger partial charge on any atom is 0.250 e. The maximum atomic E-state index is 12.4. The topological polar surface area (TPSA) is 112 Å². The number of amides is 1. The molecule has 4 aromatic rings. The zero-order valence-corrected chi connectivity index (χ0v) is 21.5. The molecule has 0 atom stereocenters. The fraction of sp³-hybridized carbons (Fsp3) is 0.179. The first-order valence-corrected chi connectivity index (χ1v) is 12.6. The van der Waals surface area contributed by atoms with Gasteiger partial charge in [0, 0.05) is 22.4 Å². The van der Waals surface area contributed by atoms with Crippen LogP contribution in [-0.4, -0.2) is 38.6 Å². The Morgan fingerprint density at radius 2 is 1.65 bits per heavy atom. The first kappa shape index (κ1) is 25.8. The van der Waals surface area contributed by atoms with Crippen LogP contribution in [0.1, 0.15) is 42.3 Å². The molecule has 4 rings (SSSR count). The Balaban J connectivity index is 1.51. The number of aromatic nitrogens is 3. The van der Waals surface area contributed by atoms with Crippen molar-refractivity contribution in [2.75, 3.05) is 5.75 Å². The maximum absolute atomic E-state index is 12.4. The van der Waals surface area contributed by atoms with Crippen LogP contribution in [0.2, 0.25) is 0 Å². The molecule has 1 amide bonds.